The molecule has 0 saturated heterocycles. The van der Waals surface area contributed by atoms with Crippen LogP contribution in [0.15, 0.2) is 24.3 Å². The van der Waals surface area contributed by atoms with E-state index in [1.54, 1.807) is 12.1 Å². The largest absolute Gasteiger partial charge is 0.351 e. The lowest BCUT2D eigenvalue weighted by Crippen LogP contribution is -2.51. The van der Waals surface area contributed by atoms with Crippen LogP contribution in [0.5, 0.6) is 0 Å². The van der Waals surface area contributed by atoms with E-state index in [9.17, 15) is 4.79 Å². The van der Waals surface area contributed by atoms with Crippen molar-refractivity contribution in [2.45, 2.75) is 38.1 Å². The highest BCUT2D eigenvalue weighted by Gasteiger charge is 2.32. The van der Waals surface area contributed by atoms with Crippen LogP contribution in [0.25, 0.3) is 0 Å². The number of hydrogen-bond acceptors (Lipinski definition) is 2. The van der Waals surface area contributed by atoms with E-state index in [1.807, 2.05) is 12.1 Å². The molecular formula is C14H16N2O. The van der Waals surface area contributed by atoms with Crippen molar-refractivity contribution < 1.29 is 4.79 Å². The SMILES string of the molecule is CC1(NC(=O)Cc2ccc(C#N)cc2)CCC1. The first-order valence-corrected chi connectivity index (χ1v) is 5.91. The summed E-state index contributed by atoms with van der Waals surface area (Å²) in [7, 11) is 0. The number of nitrogens with zero attached hydrogens (tertiary/aromatic N) is 1. The van der Waals surface area contributed by atoms with Gasteiger partial charge in [-0.2, -0.15) is 5.26 Å². The summed E-state index contributed by atoms with van der Waals surface area (Å²) in [5.74, 6) is 0.0666. The van der Waals surface area contributed by atoms with Crippen molar-refractivity contribution in [2.75, 3.05) is 0 Å². The number of carbonyl (C=O) groups is 1. The second kappa shape index (κ2) is 4.58. The average molecular weight is 228 g/mol. The molecule has 2 rings (SSSR count). The molecule has 17 heavy (non-hydrogen) atoms. The van der Waals surface area contributed by atoms with Gasteiger partial charge >= 0.3 is 0 Å². The highest BCUT2D eigenvalue weighted by atomic mass is 16.1. The fourth-order valence-electron chi connectivity index (χ4n) is 2.10. The van der Waals surface area contributed by atoms with Crippen molar-refractivity contribution in [3.8, 4) is 6.07 Å². The first kappa shape index (κ1) is 11.7. The molecule has 1 N–H and O–H groups in total. The number of carbonyl (C=O) groups excluding carboxylic acids is 1. The van der Waals surface area contributed by atoms with Gasteiger partial charge in [0.25, 0.3) is 0 Å². The van der Waals surface area contributed by atoms with Gasteiger partial charge in [0.05, 0.1) is 18.1 Å². The van der Waals surface area contributed by atoms with Crippen molar-refractivity contribution in [3.63, 3.8) is 0 Å². The van der Waals surface area contributed by atoms with E-state index in [-0.39, 0.29) is 11.4 Å². The Morgan fingerprint density at radius 2 is 2.06 bits per heavy atom. The van der Waals surface area contributed by atoms with Gasteiger partial charge < -0.3 is 5.32 Å². The lowest BCUT2D eigenvalue weighted by molar-refractivity contribution is -0.123. The van der Waals surface area contributed by atoms with Gasteiger partial charge in [0.15, 0.2) is 0 Å². The zero-order chi connectivity index (χ0) is 12.3. The Morgan fingerprint density at radius 1 is 1.41 bits per heavy atom. The normalized spacial score (nSPS) is 16.7. The summed E-state index contributed by atoms with van der Waals surface area (Å²) in [6.45, 7) is 2.09. The van der Waals surface area contributed by atoms with Crippen LogP contribution in [-0.2, 0) is 11.2 Å². The van der Waals surface area contributed by atoms with Crippen molar-refractivity contribution in [1.29, 1.82) is 5.26 Å². The zero-order valence-corrected chi connectivity index (χ0v) is 9.99. The van der Waals surface area contributed by atoms with Crippen LogP contribution in [-0.4, -0.2) is 11.4 Å². The van der Waals surface area contributed by atoms with Crippen LogP contribution in [0.1, 0.15) is 37.3 Å². The molecule has 0 spiro atoms. The van der Waals surface area contributed by atoms with Crippen LogP contribution in [0.4, 0.5) is 0 Å². The van der Waals surface area contributed by atoms with Crippen LogP contribution < -0.4 is 5.32 Å². The van der Waals surface area contributed by atoms with Gasteiger partial charge in [0, 0.05) is 5.54 Å². The van der Waals surface area contributed by atoms with Crippen LogP contribution >= 0.6 is 0 Å². The summed E-state index contributed by atoms with van der Waals surface area (Å²) >= 11 is 0. The third-order valence-electron chi connectivity index (χ3n) is 3.35. The molecule has 0 unspecified atom stereocenters. The smallest absolute Gasteiger partial charge is 0.224 e. The molecular weight excluding hydrogens is 212 g/mol. The summed E-state index contributed by atoms with van der Waals surface area (Å²) < 4.78 is 0. The number of rotatable bonds is 3. The Bertz CT molecular complexity index is 452. The molecule has 3 nitrogen and oxygen atoms in total. The van der Waals surface area contributed by atoms with Crippen molar-refractivity contribution in [3.05, 3.63) is 35.4 Å². The lowest BCUT2D eigenvalue weighted by atomic mass is 9.78. The first-order chi connectivity index (χ1) is 8.11. The Morgan fingerprint density at radius 3 is 2.53 bits per heavy atom. The molecule has 0 heterocycles. The molecule has 3 heteroatoms. The molecule has 1 aliphatic carbocycles. The summed E-state index contributed by atoms with van der Waals surface area (Å²) in [4.78, 5) is 11.8. The van der Waals surface area contributed by atoms with Gasteiger partial charge in [-0.15, -0.1) is 0 Å². The second-order valence-electron chi connectivity index (χ2n) is 4.95. The number of nitriles is 1. The zero-order valence-electron chi connectivity index (χ0n) is 9.99. The summed E-state index contributed by atoms with van der Waals surface area (Å²) in [5.41, 5.74) is 1.59. The summed E-state index contributed by atoms with van der Waals surface area (Å²) in [5, 5.41) is 11.7. The fraction of sp³-hybridized carbons (Fsp3) is 0.429. The molecule has 0 aliphatic heterocycles. The first-order valence-electron chi connectivity index (χ1n) is 5.91. The standard InChI is InChI=1S/C14H16N2O/c1-14(7-2-8-14)16-13(17)9-11-3-5-12(10-15)6-4-11/h3-6H,2,7-9H2,1H3,(H,16,17). The maximum atomic E-state index is 11.8. The molecule has 0 aromatic heterocycles. The van der Waals surface area contributed by atoms with E-state index < -0.39 is 0 Å². The van der Waals surface area contributed by atoms with Gasteiger partial charge in [0.2, 0.25) is 5.91 Å². The van der Waals surface area contributed by atoms with Gasteiger partial charge in [-0.1, -0.05) is 12.1 Å². The quantitative estimate of drug-likeness (QED) is 0.861. The minimum atomic E-state index is 0.0175. The molecule has 88 valence electrons. The molecule has 0 bridgehead atoms. The molecule has 1 saturated carbocycles. The number of amides is 1. The Hall–Kier alpha value is -1.82. The highest BCUT2D eigenvalue weighted by molar-refractivity contribution is 5.79. The van der Waals surface area contributed by atoms with Crippen LogP contribution in [0.3, 0.4) is 0 Å². The maximum absolute atomic E-state index is 11.8. The minimum absolute atomic E-state index is 0.0175. The van der Waals surface area contributed by atoms with Crippen molar-refractivity contribution >= 4 is 5.91 Å². The van der Waals surface area contributed by atoms with Crippen molar-refractivity contribution in [2.24, 2.45) is 0 Å². The van der Waals surface area contributed by atoms with Gasteiger partial charge in [-0.25, -0.2) is 0 Å². The molecule has 1 aromatic rings. The Labute approximate surface area is 101 Å². The predicted octanol–water partition coefficient (Wildman–Crippen LogP) is 2.16. The van der Waals surface area contributed by atoms with E-state index in [1.165, 1.54) is 6.42 Å². The summed E-state index contributed by atoms with van der Waals surface area (Å²) in [6.07, 6.45) is 3.74. The van der Waals surface area contributed by atoms with Crippen LogP contribution in [0, 0.1) is 11.3 Å². The summed E-state index contributed by atoms with van der Waals surface area (Å²) in [6, 6.07) is 9.22. The van der Waals surface area contributed by atoms with E-state index in [0.29, 0.717) is 12.0 Å². The predicted molar refractivity (Wildman–Crippen MR) is 65.3 cm³/mol. The fourth-order valence-corrected chi connectivity index (χ4v) is 2.10. The molecule has 1 aromatic carbocycles. The number of hydrogen-bond donors (Lipinski definition) is 1. The molecule has 0 radical (unpaired) electrons. The molecule has 1 amide bonds. The topological polar surface area (TPSA) is 52.9 Å². The van der Waals surface area contributed by atoms with Gasteiger partial charge in [-0.3, -0.25) is 4.79 Å². The molecule has 1 aliphatic rings. The number of nitrogens with one attached hydrogen (secondary N) is 1. The second-order valence-corrected chi connectivity index (χ2v) is 4.95. The highest BCUT2D eigenvalue weighted by Crippen LogP contribution is 2.30. The Balaban J connectivity index is 1.91. The van der Waals surface area contributed by atoms with E-state index in [0.717, 1.165) is 18.4 Å². The third-order valence-corrected chi connectivity index (χ3v) is 3.35. The minimum Gasteiger partial charge on any atom is -0.351 e. The monoisotopic (exact) mass is 228 g/mol. The van der Waals surface area contributed by atoms with Gasteiger partial charge in [-0.05, 0) is 43.9 Å². The molecule has 0 atom stereocenters. The van der Waals surface area contributed by atoms with Crippen LogP contribution in [0.2, 0.25) is 0 Å². The van der Waals surface area contributed by atoms with E-state index in [4.69, 9.17) is 5.26 Å². The molecule has 1 fully saturated rings. The van der Waals surface area contributed by atoms with Gasteiger partial charge in [0.1, 0.15) is 0 Å². The third kappa shape index (κ3) is 2.85. The lowest BCUT2D eigenvalue weighted by Gasteiger charge is -2.39. The number of benzene rings is 1. The van der Waals surface area contributed by atoms with E-state index in [2.05, 4.69) is 18.3 Å². The van der Waals surface area contributed by atoms with Crippen molar-refractivity contribution in [1.82, 2.24) is 5.32 Å². The Kier molecular flexibility index (Phi) is 3.14. The van der Waals surface area contributed by atoms with E-state index >= 15 is 0 Å². The maximum Gasteiger partial charge on any atom is 0.224 e. The average Bonchev–Trinajstić information content (AvgIpc) is 2.28.